The van der Waals surface area contributed by atoms with Crippen LogP contribution in [0.5, 0.6) is 28.7 Å². The maximum atomic E-state index is 12.4. The SMILES string of the molecule is COc1cc(O)c2c(=O)cc(-c3cc(OC)c(OC)cc3O)oc2c1. The van der Waals surface area contributed by atoms with Crippen LogP contribution >= 0.6 is 0 Å². The lowest BCUT2D eigenvalue weighted by Crippen LogP contribution is -2.01. The molecule has 2 N–H and O–H groups in total. The molecule has 0 spiro atoms. The van der Waals surface area contributed by atoms with Crippen LogP contribution in [0.15, 0.2) is 39.5 Å². The zero-order valence-electron chi connectivity index (χ0n) is 13.8. The van der Waals surface area contributed by atoms with Crippen molar-refractivity contribution in [1.29, 1.82) is 0 Å². The van der Waals surface area contributed by atoms with E-state index in [1.54, 1.807) is 0 Å². The van der Waals surface area contributed by atoms with Gasteiger partial charge in [0.25, 0.3) is 0 Å². The Bertz CT molecular complexity index is 1000. The molecule has 0 aliphatic carbocycles. The first-order chi connectivity index (χ1) is 12.0. The van der Waals surface area contributed by atoms with E-state index in [1.807, 2.05) is 0 Å². The van der Waals surface area contributed by atoms with Gasteiger partial charge in [0, 0.05) is 24.3 Å². The van der Waals surface area contributed by atoms with E-state index in [0.29, 0.717) is 17.2 Å². The first kappa shape index (κ1) is 16.5. The maximum Gasteiger partial charge on any atom is 0.197 e. The predicted molar refractivity (Wildman–Crippen MR) is 90.9 cm³/mol. The maximum absolute atomic E-state index is 12.4. The van der Waals surface area contributed by atoms with E-state index in [0.717, 1.165) is 0 Å². The van der Waals surface area contributed by atoms with Gasteiger partial charge in [-0.3, -0.25) is 4.79 Å². The van der Waals surface area contributed by atoms with Crippen LogP contribution in [0.25, 0.3) is 22.3 Å². The Morgan fingerprint density at radius 2 is 1.52 bits per heavy atom. The highest BCUT2D eigenvalue weighted by atomic mass is 16.5. The summed E-state index contributed by atoms with van der Waals surface area (Å²) in [6, 6.07) is 6.86. The lowest BCUT2D eigenvalue weighted by molar-refractivity contribution is 0.351. The van der Waals surface area contributed by atoms with E-state index in [2.05, 4.69) is 0 Å². The third-order valence-electron chi connectivity index (χ3n) is 3.79. The Balaban J connectivity index is 2.28. The predicted octanol–water partition coefficient (Wildman–Crippen LogP) is 2.90. The van der Waals surface area contributed by atoms with Crippen LogP contribution in [0.2, 0.25) is 0 Å². The lowest BCUT2D eigenvalue weighted by Gasteiger charge is -2.12. The van der Waals surface area contributed by atoms with Gasteiger partial charge >= 0.3 is 0 Å². The topological polar surface area (TPSA) is 98.4 Å². The third kappa shape index (κ3) is 2.80. The van der Waals surface area contributed by atoms with Gasteiger partial charge in [0.1, 0.15) is 34.0 Å². The fourth-order valence-corrected chi connectivity index (χ4v) is 2.56. The second-order valence-electron chi connectivity index (χ2n) is 5.22. The molecule has 130 valence electrons. The standard InChI is InChI=1S/C18H16O7/c1-22-9-4-12(20)18-13(21)8-14(25-17(18)5-9)10-6-15(23-2)16(24-3)7-11(10)19/h4-8,19-20H,1-3H3. The molecule has 0 aliphatic heterocycles. The van der Waals surface area contributed by atoms with E-state index in [1.165, 1.54) is 51.7 Å². The Kier molecular flexibility index (Phi) is 4.14. The number of aromatic hydroxyl groups is 2. The second-order valence-corrected chi connectivity index (χ2v) is 5.22. The molecule has 0 amide bonds. The number of phenolic OH excluding ortho intramolecular Hbond substituents is 2. The van der Waals surface area contributed by atoms with Gasteiger partial charge in [-0.2, -0.15) is 0 Å². The van der Waals surface area contributed by atoms with Gasteiger partial charge in [-0.05, 0) is 6.07 Å². The Labute approximate surface area is 142 Å². The molecular formula is C18H16O7. The molecule has 2 aromatic carbocycles. The van der Waals surface area contributed by atoms with E-state index in [4.69, 9.17) is 18.6 Å². The van der Waals surface area contributed by atoms with Crippen LogP contribution in [0, 0.1) is 0 Å². The lowest BCUT2D eigenvalue weighted by atomic mass is 10.1. The molecule has 3 rings (SSSR count). The average molecular weight is 344 g/mol. The summed E-state index contributed by atoms with van der Waals surface area (Å²) in [5.41, 5.74) is -0.0712. The highest BCUT2D eigenvalue weighted by Crippen LogP contribution is 2.40. The number of methoxy groups -OCH3 is 3. The largest absolute Gasteiger partial charge is 0.507 e. The molecule has 1 aromatic heterocycles. The number of benzene rings is 2. The molecule has 0 radical (unpaired) electrons. The van der Waals surface area contributed by atoms with Crippen molar-refractivity contribution < 1.29 is 28.8 Å². The summed E-state index contributed by atoms with van der Waals surface area (Å²) < 4.78 is 21.1. The van der Waals surface area contributed by atoms with Crippen molar-refractivity contribution >= 4 is 11.0 Å². The van der Waals surface area contributed by atoms with Gasteiger partial charge in [0.05, 0.1) is 26.9 Å². The quantitative estimate of drug-likeness (QED) is 0.751. The van der Waals surface area contributed by atoms with Crippen LogP contribution in [-0.4, -0.2) is 31.5 Å². The van der Waals surface area contributed by atoms with Gasteiger partial charge in [0.2, 0.25) is 0 Å². The molecule has 25 heavy (non-hydrogen) atoms. The molecule has 7 nitrogen and oxygen atoms in total. The molecule has 0 unspecified atom stereocenters. The number of phenols is 2. The molecule has 0 bridgehead atoms. The van der Waals surface area contributed by atoms with Gasteiger partial charge in [0.15, 0.2) is 16.9 Å². The molecular weight excluding hydrogens is 328 g/mol. The van der Waals surface area contributed by atoms with Crippen molar-refractivity contribution in [3.05, 3.63) is 40.6 Å². The fourth-order valence-electron chi connectivity index (χ4n) is 2.56. The zero-order valence-corrected chi connectivity index (χ0v) is 13.8. The third-order valence-corrected chi connectivity index (χ3v) is 3.79. The zero-order chi connectivity index (χ0) is 18.1. The minimum atomic E-state index is -0.453. The highest BCUT2D eigenvalue weighted by molar-refractivity contribution is 5.86. The van der Waals surface area contributed by atoms with Crippen LogP contribution in [0.3, 0.4) is 0 Å². The molecule has 0 aliphatic rings. The highest BCUT2D eigenvalue weighted by Gasteiger charge is 2.17. The summed E-state index contributed by atoms with van der Waals surface area (Å²) in [5.74, 6) is 0.765. The molecule has 1 heterocycles. The summed E-state index contributed by atoms with van der Waals surface area (Å²) in [5, 5.41) is 20.3. The molecule has 0 fully saturated rings. The van der Waals surface area contributed by atoms with Crippen molar-refractivity contribution in [2.45, 2.75) is 0 Å². The van der Waals surface area contributed by atoms with Crippen LogP contribution in [0.1, 0.15) is 0 Å². The molecule has 0 atom stereocenters. The second kappa shape index (κ2) is 6.27. The minimum Gasteiger partial charge on any atom is -0.507 e. The van der Waals surface area contributed by atoms with Gasteiger partial charge in [-0.1, -0.05) is 0 Å². The van der Waals surface area contributed by atoms with Crippen molar-refractivity contribution in [1.82, 2.24) is 0 Å². The number of rotatable bonds is 4. The Morgan fingerprint density at radius 3 is 2.16 bits per heavy atom. The van der Waals surface area contributed by atoms with Crippen LogP contribution in [-0.2, 0) is 0 Å². The minimum absolute atomic E-state index is 0.0320. The number of ether oxygens (including phenoxy) is 3. The summed E-state index contributed by atoms with van der Waals surface area (Å²) in [6.07, 6.45) is 0. The van der Waals surface area contributed by atoms with E-state index < -0.39 is 5.43 Å². The first-order valence-corrected chi connectivity index (χ1v) is 7.28. The van der Waals surface area contributed by atoms with Crippen LogP contribution in [0.4, 0.5) is 0 Å². The number of fused-ring (bicyclic) bond motifs is 1. The normalized spacial score (nSPS) is 10.7. The van der Waals surface area contributed by atoms with Gasteiger partial charge in [-0.15, -0.1) is 0 Å². The molecule has 0 saturated carbocycles. The van der Waals surface area contributed by atoms with E-state index in [-0.39, 0.29) is 33.8 Å². The summed E-state index contributed by atoms with van der Waals surface area (Å²) >= 11 is 0. The average Bonchev–Trinajstić information content (AvgIpc) is 2.60. The summed E-state index contributed by atoms with van der Waals surface area (Å²) in [6.45, 7) is 0. The van der Waals surface area contributed by atoms with Gasteiger partial charge in [-0.25, -0.2) is 0 Å². The summed E-state index contributed by atoms with van der Waals surface area (Å²) in [7, 11) is 4.34. The number of hydrogen-bond acceptors (Lipinski definition) is 7. The molecule has 7 heteroatoms. The fraction of sp³-hybridized carbons (Fsp3) is 0.167. The number of hydrogen-bond donors (Lipinski definition) is 2. The summed E-state index contributed by atoms with van der Waals surface area (Å²) in [4.78, 5) is 12.4. The monoisotopic (exact) mass is 344 g/mol. The van der Waals surface area contributed by atoms with Crippen molar-refractivity contribution in [3.8, 4) is 40.1 Å². The smallest absolute Gasteiger partial charge is 0.197 e. The first-order valence-electron chi connectivity index (χ1n) is 7.28. The molecule has 3 aromatic rings. The van der Waals surface area contributed by atoms with Crippen molar-refractivity contribution in [3.63, 3.8) is 0 Å². The Morgan fingerprint density at radius 1 is 0.840 bits per heavy atom. The van der Waals surface area contributed by atoms with Crippen molar-refractivity contribution in [2.75, 3.05) is 21.3 Å². The van der Waals surface area contributed by atoms with Crippen LogP contribution < -0.4 is 19.6 Å². The molecule has 0 saturated heterocycles. The van der Waals surface area contributed by atoms with Crippen molar-refractivity contribution in [2.24, 2.45) is 0 Å². The van der Waals surface area contributed by atoms with Gasteiger partial charge < -0.3 is 28.8 Å². The van der Waals surface area contributed by atoms with E-state index in [9.17, 15) is 15.0 Å². The Hall–Kier alpha value is -3.35. The van der Waals surface area contributed by atoms with E-state index >= 15 is 0 Å².